The molecule has 0 spiro atoms. The smallest absolute Gasteiger partial charge is 0.166 e. The summed E-state index contributed by atoms with van der Waals surface area (Å²) in [6, 6.07) is 7.18. The molecular formula is C14H7BrF6. The molecule has 0 bridgehead atoms. The maximum absolute atomic E-state index is 13.0. The lowest BCUT2D eigenvalue weighted by Gasteiger charge is -2.16. The predicted octanol–water partition coefficient (Wildman–Crippen LogP) is 6.15. The second kappa shape index (κ2) is 5.36. The third-order valence-electron chi connectivity index (χ3n) is 2.80. The van der Waals surface area contributed by atoms with Gasteiger partial charge in [0.05, 0.1) is 11.1 Å². The van der Waals surface area contributed by atoms with E-state index in [4.69, 9.17) is 0 Å². The Hall–Kier alpha value is -1.50. The highest BCUT2D eigenvalue weighted by atomic mass is 79.9. The van der Waals surface area contributed by atoms with Crippen molar-refractivity contribution in [3.8, 4) is 11.1 Å². The van der Waals surface area contributed by atoms with E-state index in [0.29, 0.717) is 6.07 Å². The molecule has 0 aliphatic carbocycles. The third-order valence-corrected chi connectivity index (χ3v) is 3.46. The summed E-state index contributed by atoms with van der Waals surface area (Å²) in [4.78, 5) is 0. The van der Waals surface area contributed by atoms with Crippen LogP contribution in [0.5, 0.6) is 0 Å². The summed E-state index contributed by atoms with van der Waals surface area (Å²) in [7, 11) is 0. The molecule has 0 aliphatic rings. The molecule has 0 saturated heterocycles. The molecule has 0 heterocycles. The van der Waals surface area contributed by atoms with Gasteiger partial charge in [-0.15, -0.1) is 0 Å². The molecule has 0 aromatic heterocycles. The summed E-state index contributed by atoms with van der Waals surface area (Å²) in [5, 5.41) is 0. The van der Waals surface area contributed by atoms with Crippen molar-refractivity contribution in [1.82, 2.24) is 0 Å². The topological polar surface area (TPSA) is 0 Å². The van der Waals surface area contributed by atoms with E-state index >= 15 is 0 Å². The van der Waals surface area contributed by atoms with Crippen LogP contribution in [0.3, 0.4) is 0 Å². The van der Waals surface area contributed by atoms with Crippen molar-refractivity contribution in [2.75, 3.05) is 0 Å². The Balaban J connectivity index is 2.68. The van der Waals surface area contributed by atoms with Crippen molar-refractivity contribution in [3.05, 3.63) is 58.1 Å². The molecular weight excluding hydrogens is 362 g/mol. The highest BCUT2D eigenvalue weighted by Crippen LogP contribution is 2.42. The second-order valence-electron chi connectivity index (χ2n) is 4.24. The minimum atomic E-state index is -4.66. The fourth-order valence-electron chi connectivity index (χ4n) is 1.90. The molecule has 0 aliphatic heterocycles. The first-order chi connectivity index (χ1) is 9.60. The predicted molar refractivity (Wildman–Crippen MR) is 69.6 cm³/mol. The summed E-state index contributed by atoms with van der Waals surface area (Å²) in [5.74, 6) is 0. The summed E-state index contributed by atoms with van der Waals surface area (Å²) < 4.78 is 77.2. The van der Waals surface area contributed by atoms with Crippen LogP contribution in [0.4, 0.5) is 26.3 Å². The molecule has 0 fully saturated rings. The lowest BCUT2D eigenvalue weighted by molar-refractivity contribution is -0.137. The van der Waals surface area contributed by atoms with Gasteiger partial charge in [0, 0.05) is 10.0 Å². The van der Waals surface area contributed by atoms with Crippen LogP contribution < -0.4 is 0 Å². The Bertz CT molecular complexity index is 657. The molecule has 7 heteroatoms. The molecule has 112 valence electrons. The number of hydrogen-bond acceptors (Lipinski definition) is 0. The number of alkyl halides is 6. The van der Waals surface area contributed by atoms with E-state index in [1.54, 1.807) is 0 Å². The fourth-order valence-corrected chi connectivity index (χ4v) is 2.50. The van der Waals surface area contributed by atoms with E-state index in [1.807, 2.05) is 0 Å². The van der Waals surface area contributed by atoms with Crippen molar-refractivity contribution in [2.45, 2.75) is 12.4 Å². The first-order valence-electron chi connectivity index (χ1n) is 5.64. The minimum absolute atomic E-state index is 0.0802. The largest absolute Gasteiger partial charge is 0.417 e. The van der Waals surface area contributed by atoms with E-state index in [1.165, 1.54) is 18.2 Å². The van der Waals surface area contributed by atoms with Crippen LogP contribution in [0.2, 0.25) is 0 Å². The molecule has 0 unspecified atom stereocenters. The Labute approximate surface area is 124 Å². The van der Waals surface area contributed by atoms with Gasteiger partial charge in [-0.05, 0) is 29.8 Å². The van der Waals surface area contributed by atoms with E-state index in [9.17, 15) is 26.3 Å². The zero-order valence-corrected chi connectivity index (χ0v) is 11.8. The quantitative estimate of drug-likeness (QED) is 0.529. The van der Waals surface area contributed by atoms with Crippen LogP contribution in [0.25, 0.3) is 11.1 Å². The summed E-state index contributed by atoms with van der Waals surface area (Å²) in [6.07, 6.45) is -9.27. The summed E-state index contributed by atoms with van der Waals surface area (Å²) in [6.45, 7) is 0. The summed E-state index contributed by atoms with van der Waals surface area (Å²) in [5.41, 5.74) is -2.44. The zero-order valence-electron chi connectivity index (χ0n) is 10.2. The molecule has 2 aromatic rings. The van der Waals surface area contributed by atoms with Crippen molar-refractivity contribution >= 4 is 15.9 Å². The van der Waals surface area contributed by atoms with Crippen LogP contribution in [0.15, 0.2) is 46.9 Å². The molecule has 2 rings (SSSR count). The zero-order chi connectivity index (χ0) is 15.8. The lowest BCUT2D eigenvalue weighted by atomic mass is 9.97. The first kappa shape index (κ1) is 15.9. The van der Waals surface area contributed by atoms with E-state index in [0.717, 1.165) is 18.2 Å². The Morgan fingerprint density at radius 3 is 1.95 bits per heavy atom. The average Bonchev–Trinajstić information content (AvgIpc) is 2.36. The maximum Gasteiger partial charge on any atom is 0.417 e. The van der Waals surface area contributed by atoms with Crippen LogP contribution >= 0.6 is 15.9 Å². The number of benzene rings is 2. The van der Waals surface area contributed by atoms with Gasteiger partial charge in [-0.3, -0.25) is 0 Å². The molecule has 0 saturated carbocycles. The maximum atomic E-state index is 13.0. The summed E-state index contributed by atoms with van der Waals surface area (Å²) >= 11 is 2.97. The second-order valence-corrected chi connectivity index (χ2v) is 5.09. The average molecular weight is 369 g/mol. The lowest BCUT2D eigenvalue weighted by Crippen LogP contribution is -2.08. The van der Waals surface area contributed by atoms with E-state index in [-0.39, 0.29) is 15.6 Å². The van der Waals surface area contributed by atoms with Crippen LogP contribution in [0.1, 0.15) is 11.1 Å². The van der Waals surface area contributed by atoms with Gasteiger partial charge < -0.3 is 0 Å². The molecule has 0 radical (unpaired) electrons. The van der Waals surface area contributed by atoms with Gasteiger partial charge in [0.15, 0.2) is 0 Å². The molecule has 0 atom stereocenters. The van der Waals surface area contributed by atoms with Crippen LogP contribution in [-0.2, 0) is 12.4 Å². The first-order valence-corrected chi connectivity index (χ1v) is 6.43. The third kappa shape index (κ3) is 3.40. The van der Waals surface area contributed by atoms with Gasteiger partial charge in [0.1, 0.15) is 0 Å². The van der Waals surface area contributed by atoms with Gasteiger partial charge in [-0.2, -0.15) is 26.3 Å². The highest BCUT2D eigenvalue weighted by molar-refractivity contribution is 9.10. The van der Waals surface area contributed by atoms with Gasteiger partial charge in [-0.25, -0.2) is 0 Å². The van der Waals surface area contributed by atoms with Crippen molar-refractivity contribution in [1.29, 1.82) is 0 Å². The van der Waals surface area contributed by atoms with E-state index in [2.05, 4.69) is 15.9 Å². The van der Waals surface area contributed by atoms with Crippen molar-refractivity contribution in [3.63, 3.8) is 0 Å². The normalized spacial score (nSPS) is 12.5. The molecule has 2 aromatic carbocycles. The fraction of sp³-hybridized carbons (Fsp3) is 0.143. The number of rotatable bonds is 1. The monoisotopic (exact) mass is 368 g/mol. The molecule has 21 heavy (non-hydrogen) atoms. The minimum Gasteiger partial charge on any atom is -0.166 e. The van der Waals surface area contributed by atoms with Gasteiger partial charge in [0.2, 0.25) is 0 Å². The standard InChI is InChI=1S/C14H7BrF6/c15-11-6-2-5-10(14(19,20)21)12(11)8-3-1-4-9(7-8)13(16,17)18/h1-7H. The number of hydrogen-bond donors (Lipinski definition) is 0. The van der Waals surface area contributed by atoms with Gasteiger partial charge in [-0.1, -0.05) is 34.1 Å². The molecule has 0 amide bonds. The van der Waals surface area contributed by atoms with E-state index < -0.39 is 23.5 Å². The van der Waals surface area contributed by atoms with Gasteiger partial charge >= 0.3 is 12.4 Å². The Kier molecular flexibility index (Phi) is 4.06. The van der Waals surface area contributed by atoms with Crippen LogP contribution in [-0.4, -0.2) is 0 Å². The molecule has 0 nitrogen and oxygen atoms in total. The Morgan fingerprint density at radius 2 is 1.38 bits per heavy atom. The molecule has 0 N–H and O–H groups in total. The highest BCUT2D eigenvalue weighted by Gasteiger charge is 2.35. The van der Waals surface area contributed by atoms with Gasteiger partial charge in [0.25, 0.3) is 0 Å². The SMILES string of the molecule is FC(F)(F)c1cccc(-c2c(Br)cccc2C(F)(F)F)c1. The Morgan fingerprint density at radius 1 is 0.762 bits per heavy atom. The number of halogens is 7. The van der Waals surface area contributed by atoms with Crippen LogP contribution in [0, 0.1) is 0 Å². The van der Waals surface area contributed by atoms with Crippen molar-refractivity contribution in [2.24, 2.45) is 0 Å². The van der Waals surface area contributed by atoms with Crippen molar-refractivity contribution < 1.29 is 26.3 Å².